The maximum absolute atomic E-state index is 10.4. The van der Waals surface area contributed by atoms with Crippen LogP contribution in [0.1, 0.15) is 6.99 Å². The van der Waals surface area contributed by atoms with Crippen LogP contribution in [0.4, 0.5) is 0 Å². The monoisotopic (exact) mass is 262 g/mol. The number of hydrogen-bond donors (Lipinski definition) is 1. The van der Waals surface area contributed by atoms with Gasteiger partial charge in [-0.1, -0.05) is 34.8 Å². The van der Waals surface area contributed by atoms with Gasteiger partial charge in [-0.15, -0.1) is 0 Å². The molecule has 0 atom stereocenters. The molecule has 0 aliphatic rings. The molecule has 6 heteroatoms. The van der Waals surface area contributed by atoms with Gasteiger partial charge in [0.25, 0.3) is 0 Å². The van der Waals surface area contributed by atoms with Crippen LogP contribution in [-0.2, 0) is 11.2 Å². The van der Waals surface area contributed by atoms with E-state index in [1.165, 1.54) is 12.1 Å². The van der Waals surface area contributed by atoms with Gasteiger partial charge in [-0.05, 0) is 12.1 Å². The fourth-order valence-corrected chi connectivity index (χ4v) is 1.56. The Morgan fingerprint density at radius 2 is 1.79 bits per heavy atom. The second-order valence-electron chi connectivity index (χ2n) is 2.39. The van der Waals surface area contributed by atoms with Crippen molar-refractivity contribution in [3.63, 3.8) is 0 Å². The Bertz CT molecular complexity index is 360. The second-order valence-corrected chi connectivity index (χ2v) is 3.58. The Kier molecular flexibility index (Phi) is 6.46. The minimum atomic E-state index is -0.994. The molecule has 0 aliphatic carbocycles. The largest absolute Gasteiger partial charge is 1.00 e. The third-order valence-corrected chi connectivity index (χ3v) is 2.66. The summed E-state index contributed by atoms with van der Waals surface area (Å²) in [6.45, 7) is 0. The number of halogens is 3. The van der Waals surface area contributed by atoms with Gasteiger partial charge in [-0.25, -0.2) is 0 Å². The average Bonchev–Trinajstić information content (AvgIpc) is 2.05. The number of carboxylic acid groups (broad SMARTS) is 1. The number of carboxylic acids is 1. The number of benzene rings is 1. The zero-order chi connectivity index (χ0) is 10.0. The van der Waals surface area contributed by atoms with Crippen molar-refractivity contribution in [2.75, 3.05) is 0 Å². The van der Waals surface area contributed by atoms with E-state index in [1.54, 1.807) is 0 Å². The van der Waals surface area contributed by atoms with E-state index >= 15 is 0 Å². The molecular weight excluding hydrogens is 257 g/mol. The van der Waals surface area contributed by atoms with Gasteiger partial charge in [0.05, 0.1) is 16.5 Å². The second kappa shape index (κ2) is 6.21. The zero-order valence-electron chi connectivity index (χ0n) is 8.35. The fraction of sp³-hybridized carbons (Fsp3) is 0.125. The van der Waals surface area contributed by atoms with E-state index in [4.69, 9.17) is 39.9 Å². The van der Waals surface area contributed by atoms with Crippen LogP contribution < -0.4 is 29.6 Å². The van der Waals surface area contributed by atoms with Crippen LogP contribution in [0, 0.1) is 0 Å². The van der Waals surface area contributed by atoms with Gasteiger partial charge < -0.3 is 6.53 Å². The van der Waals surface area contributed by atoms with E-state index in [1.807, 2.05) is 0 Å². The van der Waals surface area contributed by atoms with Crippen molar-refractivity contribution in [2.24, 2.45) is 0 Å². The number of hydrogen-bond acceptors (Lipinski definition) is 1. The summed E-state index contributed by atoms with van der Waals surface area (Å²) >= 11 is 17.2. The quantitative estimate of drug-likeness (QED) is 0.619. The van der Waals surface area contributed by atoms with E-state index in [-0.39, 0.29) is 42.4 Å². The van der Waals surface area contributed by atoms with E-state index in [9.17, 15) is 4.79 Å². The molecule has 0 bridgehead atoms. The average molecular weight is 263 g/mol. The van der Waals surface area contributed by atoms with Gasteiger partial charge >= 0.3 is 35.5 Å². The molecule has 14 heavy (non-hydrogen) atoms. The number of rotatable bonds is 2. The zero-order valence-corrected chi connectivity index (χ0v) is 11.6. The van der Waals surface area contributed by atoms with Gasteiger partial charge in [0.15, 0.2) is 0 Å². The van der Waals surface area contributed by atoms with E-state index in [2.05, 4.69) is 0 Å². The molecule has 72 valence electrons. The number of carbonyl (C=O) groups is 1. The van der Waals surface area contributed by atoms with Gasteiger partial charge in [0.2, 0.25) is 0 Å². The first-order valence-corrected chi connectivity index (χ1v) is 4.50. The fourth-order valence-electron chi connectivity index (χ4n) is 0.882. The maximum atomic E-state index is 10.4. The molecule has 2 nitrogen and oxygen atoms in total. The van der Waals surface area contributed by atoms with Crippen LogP contribution in [0.15, 0.2) is 12.1 Å². The summed E-state index contributed by atoms with van der Waals surface area (Å²) in [7, 11) is 0. The molecule has 0 amide bonds. The van der Waals surface area contributed by atoms with E-state index in [0.717, 1.165) is 0 Å². The van der Waals surface area contributed by atoms with Crippen molar-refractivity contribution in [3.8, 4) is 0 Å². The molecule has 1 aromatic rings. The van der Waals surface area contributed by atoms with Crippen LogP contribution in [0.3, 0.4) is 0 Å². The molecule has 0 spiro atoms. The first-order chi connectivity index (χ1) is 6.02. The Labute approximate surface area is 120 Å². The van der Waals surface area contributed by atoms with Crippen LogP contribution in [0.5, 0.6) is 0 Å². The van der Waals surface area contributed by atoms with Gasteiger partial charge in [0.1, 0.15) is 0 Å². The van der Waals surface area contributed by atoms with Crippen molar-refractivity contribution in [1.82, 2.24) is 0 Å². The summed E-state index contributed by atoms with van der Waals surface area (Å²) in [6.07, 6.45) is -0.224. The Morgan fingerprint density at radius 3 is 2.29 bits per heavy atom. The predicted molar refractivity (Wildman–Crippen MR) is 53.9 cm³/mol. The van der Waals surface area contributed by atoms with Crippen LogP contribution in [0.2, 0.25) is 15.1 Å². The van der Waals surface area contributed by atoms with Gasteiger partial charge in [0, 0.05) is 10.6 Å². The van der Waals surface area contributed by atoms with Gasteiger partial charge in [-0.3, -0.25) is 4.79 Å². The molecular formula is C8H6Cl3NaO2. The van der Waals surface area contributed by atoms with Crippen molar-refractivity contribution in [1.29, 1.82) is 0 Å². The first-order valence-electron chi connectivity index (χ1n) is 3.36. The normalized spacial score (nSPS) is 9.36. The summed E-state index contributed by atoms with van der Waals surface area (Å²) in [5.74, 6) is -0.994. The molecule has 0 radical (unpaired) electrons. The molecule has 0 aliphatic heterocycles. The molecule has 1 N–H and O–H groups in total. The third-order valence-electron chi connectivity index (χ3n) is 1.47. The van der Waals surface area contributed by atoms with Crippen LogP contribution in [0.25, 0.3) is 0 Å². The maximum Gasteiger partial charge on any atom is 1.00 e. The first kappa shape index (κ1) is 14.6. The predicted octanol–water partition coefficient (Wildman–Crippen LogP) is 0.390. The van der Waals surface area contributed by atoms with Gasteiger partial charge in [-0.2, -0.15) is 0 Å². The molecule has 0 heterocycles. The van der Waals surface area contributed by atoms with E-state index < -0.39 is 5.97 Å². The smallest absolute Gasteiger partial charge is 1.00 e. The van der Waals surface area contributed by atoms with Crippen LogP contribution in [-0.4, -0.2) is 11.1 Å². The summed E-state index contributed by atoms with van der Waals surface area (Å²) < 4.78 is 0. The molecule has 0 saturated carbocycles. The molecule has 0 unspecified atom stereocenters. The van der Waals surface area contributed by atoms with E-state index in [0.29, 0.717) is 15.6 Å². The Hall–Kier alpha value is 0.560. The molecule has 1 rings (SSSR count). The Balaban J connectivity index is 0. The van der Waals surface area contributed by atoms with Crippen molar-refractivity contribution < 1.29 is 40.9 Å². The molecule has 0 aromatic heterocycles. The number of aliphatic carboxylic acids is 1. The van der Waals surface area contributed by atoms with Crippen LogP contribution >= 0.6 is 34.8 Å². The minimum absolute atomic E-state index is 0. The SMILES string of the molecule is O=C(O)Cc1c(Cl)ccc(Cl)c1Cl.[H-].[Na+]. The summed E-state index contributed by atoms with van der Waals surface area (Å²) in [6, 6.07) is 3.05. The molecule has 0 fully saturated rings. The standard InChI is InChI=1S/C8H5Cl3O2.Na.H/c9-5-1-2-6(10)8(11)4(5)3-7(12)13;;/h1-2H,3H2,(H,12,13);;/q;+1;-1. The molecule has 1 aromatic carbocycles. The Morgan fingerprint density at radius 1 is 1.29 bits per heavy atom. The molecule has 0 saturated heterocycles. The minimum Gasteiger partial charge on any atom is -1.00 e. The summed E-state index contributed by atoms with van der Waals surface area (Å²) in [5, 5.41) is 9.38. The third kappa shape index (κ3) is 3.61. The van der Waals surface area contributed by atoms with Crippen molar-refractivity contribution >= 4 is 40.8 Å². The summed E-state index contributed by atoms with van der Waals surface area (Å²) in [5.41, 5.74) is 0.350. The topological polar surface area (TPSA) is 37.3 Å². The van der Waals surface area contributed by atoms with Crippen molar-refractivity contribution in [3.05, 3.63) is 32.8 Å². The summed E-state index contributed by atoms with van der Waals surface area (Å²) in [4.78, 5) is 10.4. The van der Waals surface area contributed by atoms with Crippen molar-refractivity contribution in [2.45, 2.75) is 6.42 Å².